The van der Waals surface area contributed by atoms with Crippen molar-refractivity contribution in [2.45, 2.75) is 56.6 Å². The zero-order valence-corrected chi connectivity index (χ0v) is 11.3. The Balaban J connectivity index is 2.12. The molecule has 0 aromatic rings. The summed E-state index contributed by atoms with van der Waals surface area (Å²) in [5.74, 6) is 1.17. The summed E-state index contributed by atoms with van der Waals surface area (Å²) in [6.07, 6.45) is 0.965. The summed E-state index contributed by atoms with van der Waals surface area (Å²) in [4.78, 5) is 0. The maximum atomic E-state index is 12.6. The molecule has 0 spiro atoms. The van der Waals surface area contributed by atoms with Crippen LogP contribution in [-0.4, -0.2) is 44.3 Å². The lowest BCUT2D eigenvalue weighted by atomic mass is 10.1. The molecule has 0 saturated carbocycles. The van der Waals surface area contributed by atoms with Crippen molar-refractivity contribution >= 4 is 0 Å². The Bertz CT molecular complexity index is 264. The molecule has 20 heavy (non-hydrogen) atoms. The molecule has 2 unspecified atom stereocenters. The minimum absolute atomic E-state index is 0.121. The molecule has 3 N–H and O–H groups in total. The summed E-state index contributed by atoms with van der Waals surface area (Å²) in [6, 6.07) is -0.329. The third-order valence-corrected chi connectivity index (χ3v) is 3.27. The van der Waals surface area contributed by atoms with Crippen LogP contribution >= 0.6 is 0 Å². The second-order valence-corrected chi connectivity index (χ2v) is 5.01. The Kier molecular flexibility index (Phi) is 7.71. The topological polar surface area (TPSA) is 56.5 Å². The summed E-state index contributed by atoms with van der Waals surface area (Å²) in [5, 5.41) is 0. The molecular weight excluding hydrogens is 280 g/mol. The van der Waals surface area contributed by atoms with E-state index in [0.29, 0.717) is 6.42 Å². The van der Waals surface area contributed by atoms with Crippen LogP contribution in [0.3, 0.4) is 0 Å². The van der Waals surface area contributed by atoms with Gasteiger partial charge in [-0.05, 0) is 32.1 Å². The number of hydrogen-bond donors (Lipinski definition) is 2. The zero-order valence-electron chi connectivity index (χ0n) is 11.3. The molecule has 1 aliphatic rings. The van der Waals surface area contributed by atoms with Crippen molar-refractivity contribution in [1.82, 2.24) is 5.43 Å². The van der Waals surface area contributed by atoms with Gasteiger partial charge in [0.15, 0.2) is 0 Å². The van der Waals surface area contributed by atoms with Crippen LogP contribution in [0.1, 0.15) is 32.1 Å². The number of ether oxygens (including phenoxy) is 2. The molecule has 1 aliphatic heterocycles. The van der Waals surface area contributed by atoms with Gasteiger partial charge in [-0.25, -0.2) is 8.78 Å². The minimum Gasteiger partial charge on any atom is -0.378 e. The van der Waals surface area contributed by atoms with Gasteiger partial charge in [-0.3, -0.25) is 11.3 Å². The fourth-order valence-corrected chi connectivity index (χ4v) is 2.08. The molecule has 4 nitrogen and oxygen atoms in total. The normalized spacial score (nSPS) is 21.6. The SMILES string of the molecule is NNC(CCCC1CCCO1)COCC(F)(F)C(F)F. The molecule has 2 atom stereocenters. The van der Waals surface area contributed by atoms with Crippen LogP contribution in [-0.2, 0) is 9.47 Å². The van der Waals surface area contributed by atoms with Gasteiger partial charge in [-0.1, -0.05) is 0 Å². The highest BCUT2D eigenvalue weighted by atomic mass is 19.3. The zero-order chi connectivity index (χ0) is 15.0. The quantitative estimate of drug-likeness (QED) is 0.368. The lowest BCUT2D eigenvalue weighted by Crippen LogP contribution is -2.41. The first-order chi connectivity index (χ1) is 9.45. The van der Waals surface area contributed by atoms with Crippen LogP contribution in [0.25, 0.3) is 0 Å². The molecule has 8 heteroatoms. The van der Waals surface area contributed by atoms with E-state index in [9.17, 15) is 17.6 Å². The maximum Gasteiger partial charge on any atom is 0.330 e. The first-order valence-corrected chi connectivity index (χ1v) is 6.77. The van der Waals surface area contributed by atoms with Gasteiger partial charge in [0, 0.05) is 12.6 Å². The summed E-state index contributed by atoms with van der Waals surface area (Å²) < 4.78 is 59.1. The molecule has 0 aromatic carbocycles. The number of alkyl halides is 4. The van der Waals surface area contributed by atoms with Gasteiger partial charge in [-0.15, -0.1) is 0 Å². The van der Waals surface area contributed by atoms with E-state index in [0.717, 1.165) is 32.3 Å². The summed E-state index contributed by atoms with van der Waals surface area (Å²) in [5.41, 5.74) is 2.44. The Labute approximate surface area is 115 Å². The number of hydrogen-bond acceptors (Lipinski definition) is 4. The van der Waals surface area contributed by atoms with Crippen LogP contribution in [0.4, 0.5) is 17.6 Å². The van der Waals surface area contributed by atoms with Crippen molar-refractivity contribution in [3.05, 3.63) is 0 Å². The van der Waals surface area contributed by atoms with E-state index in [1.54, 1.807) is 0 Å². The van der Waals surface area contributed by atoms with E-state index < -0.39 is 19.0 Å². The third kappa shape index (κ3) is 6.34. The van der Waals surface area contributed by atoms with Gasteiger partial charge in [0.1, 0.15) is 6.61 Å². The average molecular weight is 302 g/mol. The Hall–Kier alpha value is -0.440. The van der Waals surface area contributed by atoms with Crippen LogP contribution in [0.5, 0.6) is 0 Å². The molecule has 0 amide bonds. The predicted molar refractivity (Wildman–Crippen MR) is 65.7 cm³/mol. The van der Waals surface area contributed by atoms with Crippen molar-refractivity contribution in [2.24, 2.45) is 5.84 Å². The average Bonchev–Trinajstić information content (AvgIpc) is 2.89. The largest absolute Gasteiger partial charge is 0.378 e. The Morgan fingerprint density at radius 1 is 1.40 bits per heavy atom. The van der Waals surface area contributed by atoms with E-state index in [4.69, 9.17) is 10.6 Å². The second kappa shape index (κ2) is 8.76. The Morgan fingerprint density at radius 3 is 2.70 bits per heavy atom. The molecule has 1 heterocycles. The standard InChI is InChI=1S/C12H22F4N2O2/c13-11(14)12(15,16)8-19-7-9(18-17)3-1-4-10-5-2-6-20-10/h9-11,18H,1-8,17H2. The third-order valence-electron chi connectivity index (χ3n) is 3.27. The first-order valence-electron chi connectivity index (χ1n) is 6.77. The predicted octanol–water partition coefficient (Wildman–Crippen LogP) is 2.08. The molecule has 1 rings (SSSR count). The number of nitrogens with two attached hydrogens (primary N) is 1. The summed E-state index contributed by atoms with van der Waals surface area (Å²) in [7, 11) is 0. The monoisotopic (exact) mass is 302 g/mol. The molecule has 0 aliphatic carbocycles. The fourth-order valence-electron chi connectivity index (χ4n) is 2.08. The first kappa shape index (κ1) is 17.6. The van der Waals surface area contributed by atoms with Crippen LogP contribution in [0.2, 0.25) is 0 Å². The van der Waals surface area contributed by atoms with Crippen molar-refractivity contribution in [2.75, 3.05) is 19.8 Å². The van der Waals surface area contributed by atoms with Gasteiger partial charge in [-0.2, -0.15) is 8.78 Å². The highest BCUT2D eigenvalue weighted by Gasteiger charge is 2.41. The molecule has 0 bridgehead atoms. The molecule has 0 radical (unpaired) electrons. The maximum absolute atomic E-state index is 12.6. The van der Waals surface area contributed by atoms with Crippen LogP contribution in [0.15, 0.2) is 0 Å². The van der Waals surface area contributed by atoms with E-state index in [1.165, 1.54) is 0 Å². The van der Waals surface area contributed by atoms with Crippen LogP contribution < -0.4 is 11.3 Å². The molecule has 120 valence electrons. The van der Waals surface area contributed by atoms with Crippen LogP contribution in [0, 0.1) is 0 Å². The fraction of sp³-hybridized carbons (Fsp3) is 1.00. The number of rotatable bonds is 10. The van der Waals surface area contributed by atoms with E-state index in [-0.39, 0.29) is 18.8 Å². The lowest BCUT2D eigenvalue weighted by Gasteiger charge is -2.20. The van der Waals surface area contributed by atoms with E-state index >= 15 is 0 Å². The molecular formula is C12H22F4N2O2. The highest BCUT2D eigenvalue weighted by molar-refractivity contribution is 4.71. The second-order valence-electron chi connectivity index (χ2n) is 5.01. The lowest BCUT2D eigenvalue weighted by molar-refractivity contribution is -0.167. The van der Waals surface area contributed by atoms with Gasteiger partial charge >= 0.3 is 12.3 Å². The van der Waals surface area contributed by atoms with Gasteiger partial charge in [0.25, 0.3) is 0 Å². The van der Waals surface area contributed by atoms with E-state index in [1.807, 2.05) is 0 Å². The Morgan fingerprint density at radius 2 is 2.15 bits per heavy atom. The highest BCUT2D eigenvalue weighted by Crippen LogP contribution is 2.23. The molecule has 1 fully saturated rings. The van der Waals surface area contributed by atoms with Gasteiger partial charge in [0.05, 0.1) is 12.7 Å². The van der Waals surface area contributed by atoms with Crippen molar-refractivity contribution in [1.29, 1.82) is 0 Å². The minimum atomic E-state index is -4.11. The number of halogens is 4. The van der Waals surface area contributed by atoms with Crippen molar-refractivity contribution < 1.29 is 27.0 Å². The van der Waals surface area contributed by atoms with E-state index in [2.05, 4.69) is 10.2 Å². The smallest absolute Gasteiger partial charge is 0.330 e. The summed E-state index contributed by atoms with van der Waals surface area (Å²) in [6.45, 7) is -0.631. The summed E-state index contributed by atoms with van der Waals surface area (Å²) >= 11 is 0. The van der Waals surface area contributed by atoms with Crippen molar-refractivity contribution in [3.63, 3.8) is 0 Å². The number of hydrazine groups is 1. The molecule has 0 aromatic heterocycles. The van der Waals surface area contributed by atoms with Gasteiger partial charge in [0.2, 0.25) is 0 Å². The van der Waals surface area contributed by atoms with Gasteiger partial charge < -0.3 is 9.47 Å². The van der Waals surface area contributed by atoms with Crippen molar-refractivity contribution in [3.8, 4) is 0 Å². The number of nitrogens with one attached hydrogen (secondary N) is 1. The molecule has 1 saturated heterocycles.